The molecule has 88 valence electrons. The molecule has 0 bridgehead atoms. The molecule has 5 heteroatoms. The van der Waals surface area contributed by atoms with E-state index in [1.54, 1.807) is 13.0 Å². The smallest absolute Gasteiger partial charge is 0.343 e. The third-order valence-electron chi connectivity index (χ3n) is 1.96. The zero-order valence-corrected chi connectivity index (χ0v) is 10.1. The van der Waals surface area contributed by atoms with Crippen LogP contribution in [0.4, 0.5) is 0 Å². The summed E-state index contributed by atoms with van der Waals surface area (Å²) in [6, 6.07) is 3.12. The standard InChI is InChI=1S/C11H13ClO4/c1-4-16-11(13)10-8(12)5-7(14-2)6-9(10)15-3/h5-6H,4H2,1-3H3. The Morgan fingerprint density at radius 3 is 2.50 bits per heavy atom. The second kappa shape index (κ2) is 5.61. The van der Waals surface area contributed by atoms with Crippen LogP contribution in [0, 0.1) is 0 Å². The van der Waals surface area contributed by atoms with Gasteiger partial charge in [0, 0.05) is 6.07 Å². The minimum atomic E-state index is -0.507. The van der Waals surface area contributed by atoms with Gasteiger partial charge in [0.15, 0.2) is 0 Å². The minimum absolute atomic E-state index is 0.215. The lowest BCUT2D eigenvalue weighted by atomic mass is 10.2. The van der Waals surface area contributed by atoms with Crippen LogP contribution in [0.5, 0.6) is 11.5 Å². The molecule has 0 aliphatic heterocycles. The molecule has 0 aliphatic rings. The second-order valence-corrected chi connectivity index (χ2v) is 3.31. The molecule has 0 spiro atoms. The summed E-state index contributed by atoms with van der Waals surface area (Å²) in [5, 5.41) is 0.245. The fraction of sp³-hybridized carbons (Fsp3) is 0.364. The van der Waals surface area contributed by atoms with Crippen LogP contribution in [-0.4, -0.2) is 26.8 Å². The van der Waals surface area contributed by atoms with Gasteiger partial charge in [0.05, 0.1) is 25.8 Å². The number of benzene rings is 1. The van der Waals surface area contributed by atoms with Gasteiger partial charge in [0.1, 0.15) is 17.1 Å². The highest BCUT2D eigenvalue weighted by Crippen LogP contribution is 2.32. The van der Waals surface area contributed by atoms with E-state index in [4.69, 9.17) is 25.8 Å². The van der Waals surface area contributed by atoms with E-state index in [0.717, 1.165) is 0 Å². The Morgan fingerprint density at radius 2 is 2.00 bits per heavy atom. The molecular formula is C11H13ClO4. The third-order valence-corrected chi connectivity index (χ3v) is 2.26. The van der Waals surface area contributed by atoms with Gasteiger partial charge in [-0.3, -0.25) is 0 Å². The molecule has 0 radical (unpaired) electrons. The van der Waals surface area contributed by atoms with E-state index < -0.39 is 5.97 Å². The molecule has 0 aliphatic carbocycles. The van der Waals surface area contributed by atoms with E-state index in [1.807, 2.05) is 0 Å². The minimum Gasteiger partial charge on any atom is -0.497 e. The van der Waals surface area contributed by atoms with Crippen LogP contribution >= 0.6 is 11.6 Å². The summed E-state index contributed by atoms with van der Waals surface area (Å²) >= 11 is 5.96. The Hall–Kier alpha value is -1.42. The lowest BCUT2D eigenvalue weighted by Gasteiger charge is -2.11. The number of carbonyl (C=O) groups excluding carboxylic acids is 1. The van der Waals surface area contributed by atoms with Crippen molar-refractivity contribution in [1.29, 1.82) is 0 Å². The van der Waals surface area contributed by atoms with Gasteiger partial charge in [-0.15, -0.1) is 0 Å². The van der Waals surface area contributed by atoms with Crippen LogP contribution in [0.3, 0.4) is 0 Å². The molecule has 0 N–H and O–H groups in total. The highest BCUT2D eigenvalue weighted by atomic mass is 35.5. The zero-order valence-electron chi connectivity index (χ0n) is 9.37. The van der Waals surface area contributed by atoms with Crippen molar-refractivity contribution in [3.05, 3.63) is 22.7 Å². The number of carbonyl (C=O) groups is 1. The maximum absolute atomic E-state index is 11.6. The number of hydrogen-bond donors (Lipinski definition) is 0. The third kappa shape index (κ3) is 2.58. The van der Waals surface area contributed by atoms with Crippen molar-refractivity contribution in [2.75, 3.05) is 20.8 Å². The Labute approximate surface area is 99.1 Å². The highest BCUT2D eigenvalue weighted by molar-refractivity contribution is 6.34. The van der Waals surface area contributed by atoms with Crippen molar-refractivity contribution in [1.82, 2.24) is 0 Å². The molecule has 0 saturated carbocycles. The maximum Gasteiger partial charge on any atom is 0.343 e. The van der Waals surface area contributed by atoms with E-state index in [2.05, 4.69) is 0 Å². The maximum atomic E-state index is 11.6. The number of rotatable bonds is 4. The first-order valence-electron chi connectivity index (χ1n) is 4.72. The molecular weight excluding hydrogens is 232 g/mol. The Balaban J connectivity index is 3.21. The van der Waals surface area contributed by atoms with E-state index in [9.17, 15) is 4.79 Å². The van der Waals surface area contributed by atoms with Gasteiger partial charge in [0.25, 0.3) is 0 Å². The lowest BCUT2D eigenvalue weighted by molar-refractivity contribution is 0.0523. The van der Waals surface area contributed by atoms with Crippen LogP contribution in [0.25, 0.3) is 0 Å². The molecule has 0 atom stereocenters. The predicted octanol–water partition coefficient (Wildman–Crippen LogP) is 2.53. The SMILES string of the molecule is CCOC(=O)c1c(Cl)cc(OC)cc1OC. The van der Waals surface area contributed by atoms with Crippen LogP contribution < -0.4 is 9.47 Å². The van der Waals surface area contributed by atoms with Gasteiger partial charge in [0.2, 0.25) is 0 Å². The Kier molecular flexibility index (Phi) is 4.43. The summed E-state index contributed by atoms with van der Waals surface area (Å²) < 4.78 is 15.0. The first-order valence-corrected chi connectivity index (χ1v) is 5.10. The highest BCUT2D eigenvalue weighted by Gasteiger charge is 2.19. The number of halogens is 1. The normalized spacial score (nSPS) is 9.75. The molecule has 1 aromatic carbocycles. The molecule has 0 saturated heterocycles. The molecule has 16 heavy (non-hydrogen) atoms. The molecule has 0 heterocycles. The first kappa shape index (κ1) is 12.6. The van der Waals surface area contributed by atoms with E-state index >= 15 is 0 Å². The topological polar surface area (TPSA) is 44.8 Å². The Bertz CT molecular complexity index is 390. The van der Waals surface area contributed by atoms with Gasteiger partial charge >= 0.3 is 5.97 Å². The van der Waals surface area contributed by atoms with Crippen molar-refractivity contribution in [3.63, 3.8) is 0 Å². The van der Waals surface area contributed by atoms with Gasteiger partial charge in [-0.05, 0) is 13.0 Å². The molecule has 4 nitrogen and oxygen atoms in total. The van der Waals surface area contributed by atoms with Gasteiger partial charge in [-0.25, -0.2) is 4.79 Å². The zero-order chi connectivity index (χ0) is 12.1. The van der Waals surface area contributed by atoms with Gasteiger partial charge in [-0.2, -0.15) is 0 Å². The van der Waals surface area contributed by atoms with E-state index in [-0.39, 0.29) is 17.2 Å². The monoisotopic (exact) mass is 244 g/mol. The summed E-state index contributed by atoms with van der Waals surface area (Å²) in [5.41, 5.74) is 0.215. The number of ether oxygens (including phenoxy) is 3. The molecule has 1 rings (SSSR count). The van der Waals surface area contributed by atoms with Crippen molar-refractivity contribution >= 4 is 17.6 Å². The summed E-state index contributed by atoms with van der Waals surface area (Å²) in [5.74, 6) is 0.352. The largest absolute Gasteiger partial charge is 0.497 e. The van der Waals surface area contributed by atoms with Crippen molar-refractivity contribution in [3.8, 4) is 11.5 Å². The molecule has 0 aromatic heterocycles. The first-order chi connectivity index (χ1) is 7.63. The molecule has 0 unspecified atom stereocenters. The fourth-order valence-corrected chi connectivity index (χ4v) is 1.52. The van der Waals surface area contributed by atoms with Crippen molar-refractivity contribution < 1.29 is 19.0 Å². The summed E-state index contributed by atoms with van der Waals surface area (Å²) in [4.78, 5) is 11.6. The van der Waals surface area contributed by atoms with Crippen LogP contribution in [0.2, 0.25) is 5.02 Å². The van der Waals surface area contributed by atoms with Crippen LogP contribution in [0.1, 0.15) is 17.3 Å². The average molecular weight is 245 g/mol. The number of methoxy groups -OCH3 is 2. The second-order valence-electron chi connectivity index (χ2n) is 2.91. The Morgan fingerprint density at radius 1 is 1.31 bits per heavy atom. The van der Waals surface area contributed by atoms with Crippen molar-refractivity contribution in [2.45, 2.75) is 6.92 Å². The van der Waals surface area contributed by atoms with Gasteiger partial charge in [-0.1, -0.05) is 11.6 Å². The van der Waals surface area contributed by atoms with Crippen LogP contribution in [0.15, 0.2) is 12.1 Å². The average Bonchev–Trinajstić information content (AvgIpc) is 2.27. The van der Waals surface area contributed by atoms with Crippen LogP contribution in [-0.2, 0) is 4.74 Å². The lowest BCUT2D eigenvalue weighted by Crippen LogP contribution is -2.07. The van der Waals surface area contributed by atoms with Gasteiger partial charge < -0.3 is 14.2 Å². The molecule has 0 amide bonds. The van der Waals surface area contributed by atoms with Crippen molar-refractivity contribution in [2.24, 2.45) is 0 Å². The number of esters is 1. The van der Waals surface area contributed by atoms with E-state index in [1.165, 1.54) is 20.3 Å². The predicted molar refractivity (Wildman–Crippen MR) is 60.5 cm³/mol. The molecule has 0 fully saturated rings. The quantitative estimate of drug-likeness (QED) is 0.764. The summed E-state index contributed by atoms with van der Waals surface area (Å²) in [6.45, 7) is 2.01. The summed E-state index contributed by atoms with van der Waals surface area (Å²) in [7, 11) is 2.96. The molecule has 1 aromatic rings. The number of hydrogen-bond acceptors (Lipinski definition) is 4. The van der Waals surface area contributed by atoms with E-state index in [0.29, 0.717) is 11.5 Å². The summed E-state index contributed by atoms with van der Waals surface area (Å²) in [6.07, 6.45) is 0. The fourth-order valence-electron chi connectivity index (χ4n) is 1.24.